The van der Waals surface area contributed by atoms with Gasteiger partial charge in [0.2, 0.25) is 0 Å². The van der Waals surface area contributed by atoms with Crippen LogP contribution in [0.25, 0.3) is 11.0 Å². The van der Waals surface area contributed by atoms with Crippen molar-refractivity contribution in [3.05, 3.63) is 58.7 Å². The molecule has 0 spiro atoms. The Balaban J connectivity index is 1.48. The predicted molar refractivity (Wildman–Crippen MR) is 107 cm³/mol. The van der Waals surface area contributed by atoms with Gasteiger partial charge in [0.1, 0.15) is 5.58 Å². The van der Waals surface area contributed by atoms with Crippen LogP contribution in [0.4, 0.5) is 10.5 Å². The molecule has 146 valence electrons. The number of carbonyl (C=O) groups excluding carboxylic acids is 1. The van der Waals surface area contributed by atoms with E-state index in [0.29, 0.717) is 11.3 Å². The van der Waals surface area contributed by atoms with Crippen LogP contribution in [0, 0.1) is 6.92 Å². The van der Waals surface area contributed by atoms with Crippen molar-refractivity contribution in [2.75, 3.05) is 11.9 Å². The average molecular weight is 380 g/mol. The number of likely N-dealkylation sites (tertiary alicyclic amines) is 1. The van der Waals surface area contributed by atoms with Gasteiger partial charge >= 0.3 is 11.7 Å². The Kier molecular flexibility index (Phi) is 5.14. The second-order valence-corrected chi connectivity index (χ2v) is 7.29. The van der Waals surface area contributed by atoms with Crippen LogP contribution in [0.2, 0.25) is 0 Å². The molecule has 3 heterocycles. The summed E-state index contributed by atoms with van der Waals surface area (Å²) in [5.74, 6) is 0. The van der Waals surface area contributed by atoms with Crippen molar-refractivity contribution in [2.45, 2.75) is 45.2 Å². The molecule has 1 saturated heterocycles. The maximum Gasteiger partial charge on any atom is 0.336 e. The minimum absolute atomic E-state index is 0.112. The molecule has 0 bridgehead atoms. The van der Waals surface area contributed by atoms with E-state index in [4.69, 9.17) is 4.42 Å². The summed E-state index contributed by atoms with van der Waals surface area (Å²) in [7, 11) is 0. The van der Waals surface area contributed by atoms with Crippen LogP contribution in [0.15, 0.2) is 51.9 Å². The fourth-order valence-electron chi connectivity index (χ4n) is 3.88. The monoisotopic (exact) mass is 380 g/mol. The van der Waals surface area contributed by atoms with Crippen molar-refractivity contribution in [3.63, 3.8) is 0 Å². The highest BCUT2D eigenvalue weighted by atomic mass is 16.4. The molecule has 1 unspecified atom stereocenters. The Bertz CT molecular complexity index is 1030. The number of anilines is 1. The number of rotatable bonds is 4. The molecular formula is C21H24N4O3. The summed E-state index contributed by atoms with van der Waals surface area (Å²) in [6.45, 7) is 3.41. The molecular weight excluding hydrogens is 356 g/mol. The number of urea groups is 1. The summed E-state index contributed by atoms with van der Waals surface area (Å²) in [4.78, 5) is 26.5. The minimum atomic E-state index is -0.386. The molecule has 1 atom stereocenters. The van der Waals surface area contributed by atoms with Crippen LogP contribution in [0.5, 0.6) is 0 Å². The summed E-state index contributed by atoms with van der Waals surface area (Å²) in [6.07, 6.45) is 7.73. The second kappa shape index (κ2) is 7.88. The average Bonchev–Trinajstić information content (AvgIpc) is 3.20. The highest BCUT2D eigenvalue weighted by Gasteiger charge is 2.26. The first kappa shape index (κ1) is 18.3. The van der Waals surface area contributed by atoms with Gasteiger partial charge in [-0.1, -0.05) is 0 Å². The Morgan fingerprint density at radius 3 is 3.04 bits per heavy atom. The summed E-state index contributed by atoms with van der Waals surface area (Å²) in [6, 6.07) is 8.89. The first-order chi connectivity index (χ1) is 13.6. The van der Waals surface area contributed by atoms with Crippen molar-refractivity contribution in [3.8, 4) is 0 Å². The molecule has 28 heavy (non-hydrogen) atoms. The normalized spacial score (nSPS) is 17.0. The maximum atomic E-state index is 12.9. The Labute approximate surface area is 162 Å². The number of piperidine rings is 1. The van der Waals surface area contributed by atoms with Gasteiger partial charge in [-0.05, 0) is 56.4 Å². The number of amides is 2. The molecule has 1 aliphatic heterocycles. The van der Waals surface area contributed by atoms with Gasteiger partial charge < -0.3 is 14.6 Å². The van der Waals surface area contributed by atoms with E-state index in [1.54, 1.807) is 12.3 Å². The number of benzene rings is 1. The number of aromatic nitrogens is 2. The smallest absolute Gasteiger partial charge is 0.336 e. The molecule has 2 amide bonds. The number of nitrogens with one attached hydrogen (secondary N) is 1. The quantitative estimate of drug-likeness (QED) is 0.699. The molecule has 4 rings (SSSR count). The van der Waals surface area contributed by atoms with Gasteiger partial charge in [0.15, 0.2) is 0 Å². The predicted octanol–water partition coefficient (Wildman–Crippen LogP) is 3.77. The molecule has 7 nitrogen and oxygen atoms in total. The molecule has 1 N–H and O–H groups in total. The fraction of sp³-hybridized carbons (Fsp3) is 0.381. The molecule has 0 radical (unpaired) electrons. The molecule has 1 aliphatic rings. The minimum Gasteiger partial charge on any atom is -0.423 e. The lowest BCUT2D eigenvalue weighted by Crippen LogP contribution is -2.46. The topological polar surface area (TPSA) is 80.4 Å². The van der Waals surface area contributed by atoms with Crippen molar-refractivity contribution < 1.29 is 9.21 Å². The first-order valence-electron chi connectivity index (χ1n) is 9.70. The van der Waals surface area contributed by atoms with Crippen LogP contribution in [0.1, 0.15) is 31.2 Å². The largest absolute Gasteiger partial charge is 0.423 e. The van der Waals surface area contributed by atoms with Gasteiger partial charge in [0.25, 0.3) is 0 Å². The van der Waals surface area contributed by atoms with Crippen molar-refractivity contribution in [1.82, 2.24) is 14.7 Å². The zero-order valence-corrected chi connectivity index (χ0v) is 15.9. The van der Waals surface area contributed by atoms with E-state index in [0.717, 1.165) is 49.7 Å². The lowest BCUT2D eigenvalue weighted by Gasteiger charge is -2.35. The van der Waals surface area contributed by atoms with Gasteiger partial charge in [-0.15, -0.1) is 0 Å². The first-order valence-corrected chi connectivity index (χ1v) is 9.70. The van der Waals surface area contributed by atoms with E-state index in [-0.39, 0.29) is 17.7 Å². The summed E-state index contributed by atoms with van der Waals surface area (Å²) in [5.41, 5.74) is 1.58. The zero-order chi connectivity index (χ0) is 19.5. The highest BCUT2D eigenvalue weighted by Crippen LogP contribution is 2.24. The van der Waals surface area contributed by atoms with Crippen LogP contribution in [0.3, 0.4) is 0 Å². The van der Waals surface area contributed by atoms with Crippen molar-refractivity contribution in [1.29, 1.82) is 0 Å². The van der Waals surface area contributed by atoms with Crippen LogP contribution in [-0.2, 0) is 6.54 Å². The number of hydrogen-bond donors (Lipinski definition) is 1. The third-order valence-corrected chi connectivity index (χ3v) is 5.34. The van der Waals surface area contributed by atoms with Crippen LogP contribution >= 0.6 is 0 Å². The van der Waals surface area contributed by atoms with E-state index in [1.807, 2.05) is 40.9 Å². The van der Waals surface area contributed by atoms with Gasteiger partial charge in [-0.3, -0.25) is 4.68 Å². The van der Waals surface area contributed by atoms with Crippen LogP contribution in [-0.4, -0.2) is 33.3 Å². The Morgan fingerprint density at radius 1 is 1.32 bits per heavy atom. The lowest BCUT2D eigenvalue weighted by atomic mass is 10.00. The maximum absolute atomic E-state index is 12.9. The standard InChI is InChI=1S/C21H24N4O3/c1-15-13-20(26)28-19-14-16(6-7-18(15)19)23-21(27)25-11-3-2-5-17(25)8-12-24-10-4-9-22-24/h4,6-7,9-10,13-14,17H,2-3,5,8,11-12H2,1H3,(H,23,27). The highest BCUT2D eigenvalue weighted by molar-refractivity contribution is 5.92. The summed E-state index contributed by atoms with van der Waals surface area (Å²) >= 11 is 0. The molecule has 2 aromatic heterocycles. The SMILES string of the molecule is Cc1cc(=O)oc2cc(NC(=O)N3CCCCC3CCn3cccn3)ccc12. The van der Waals surface area contributed by atoms with E-state index in [2.05, 4.69) is 10.4 Å². The Morgan fingerprint density at radius 2 is 2.21 bits per heavy atom. The molecule has 1 fully saturated rings. The lowest BCUT2D eigenvalue weighted by molar-refractivity contribution is 0.154. The second-order valence-electron chi connectivity index (χ2n) is 7.29. The van der Waals surface area contributed by atoms with E-state index in [9.17, 15) is 9.59 Å². The molecule has 7 heteroatoms. The molecule has 3 aromatic rings. The summed E-state index contributed by atoms with van der Waals surface area (Å²) < 4.78 is 7.18. The third kappa shape index (κ3) is 3.93. The number of hydrogen-bond acceptors (Lipinski definition) is 4. The number of fused-ring (bicyclic) bond motifs is 1. The van der Waals surface area contributed by atoms with Crippen LogP contribution < -0.4 is 10.9 Å². The van der Waals surface area contributed by atoms with Gasteiger partial charge in [0.05, 0.1) is 0 Å². The van der Waals surface area contributed by atoms with E-state index < -0.39 is 0 Å². The van der Waals surface area contributed by atoms with Gasteiger partial charge in [-0.2, -0.15) is 5.10 Å². The number of carbonyl (C=O) groups is 1. The van der Waals surface area contributed by atoms with E-state index >= 15 is 0 Å². The number of nitrogens with zero attached hydrogens (tertiary/aromatic N) is 3. The molecule has 0 aliphatic carbocycles. The molecule has 0 saturated carbocycles. The fourth-order valence-corrected chi connectivity index (χ4v) is 3.88. The van der Waals surface area contributed by atoms with Gasteiger partial charge in [-0.25, -0.2) is 9.59 Å². The number of aryl methyl sites for hydroxylation is 2. The zero-order valence-electron chi connectivity index (χ0n) is 15.9. The van der Waals surface area contributed by atoms with Gasteiger partial charge in [0, 0.05) is 54.7 Å². The molecule has 1 aromatic carbocycles. The van der Waals surface area contributed by atoms with E-state index in [1.165, 1.54) is 6.07 Å². The Hall–Kier alpha value is -3.09. The van der Waals surface area contributed by atoms with Crippen molar-refractivity contribution in [2.24, 2.45) is 0 Å². The summed E-state index contributed by atoms with van der Waals surface area (Å²) in [5, 5.41) is 8.08. The van der Waals surface area contributed by atoms with Crippen molar-refractivity contribution >= 4 is 22.7 Å². The third-order valence-electron chi connectivity index (χ3n) is 5.34.